The Labute approximate surface area is 117 Å². The Kier molecular flexibility index (Phi) is 7.23. The van der Waals surface area contributed by atoms with E-state index in [-0.39, 0.29) is 0 Å². The third-order valence-corrected chi connectivity index (χ3v) is 2.94. The maximum atomic E-state index is 5.91. The fraction of sp³-hybridized carbons (Fsp3) is 0.500. The van der Waals surface area contributed by atoms with Crippen LogP contribution in [-0.2, 0) is 13.1 Å². The van der Waals surface area contributed by atoms with E-state index in [0.717, 1.165) is 50.7 Å². The van der Waals surface area contributed by atoms with Crippen LogP contribution in [0.4, 0.5) is 0 Å². The summed E-state index contributed by atoms with van der Waals surface area (Å²) < 4.78 is 5.91. The van der Waals surface area contributed by atoms with E-state index in [4.69, 9.17) is 4.42 Å². The van der Waals surface area contributed by atoms with E-state index in [1.54, 1.807) is 0 Å². The van der Waals surface area contributed by atoms with Crippen molar-refractivity contribution in [3.05, 3.63) is 48.5 Å². The Morgan fingerprint density at radius 1 is 1.32 bits per heavy atom. The number of hydrogen-bond donors (Lipinski definition) is 1. The molecule has 0 saturated carbocycles. The van der Waals surface area contributed by atoms with Crippen LogP contribution in [0.15, 0.2) is 35.8 Å². The second kappa shape index (κ2) is 8.73. The molecular formula is C16H26N2O. The van der Waals surface area contributed by atoms with Crippen molar-refractivity contribution in [3.8, 4) is 0 Å². The molecule has 0 aliphatic carbocycles. The summed E-state index contributed by atoms with van der Waals surface area (Å²) in [6, 6.07) is 2.13. The summed E-state index contributed by atoms with van der Waals surface area (Å²) in [7, 11) is 0. The molecule has 0 saturated heterocycles. The molecule has 1 heterocycles. The van der Waals surface area contributed by atoms with Gasteiger partial charge in [0.15, 0.2) is 0 Å². The molecule has 0 bridgehead atoms. The van der Waals surface area contributed by atoms with Crippen molar-refractivity contribution in [1.82, 2.24) is 10.2 Å². The minimum absolute atomic E-state index is 0.798. The van der Waals surface area contributed by atoms with Crippen LogP contribution >= 0.6 is 0 Å². The van der Waals surface area contributed by atoms with Crippen molar-refractivity contribution in [2.45, 2.75) is 33.4 Å². The number of nitrogens with zero attached hydrogens (tertiary/aromatic N) is 1. The zero-order valence-corrected chi connectivity index (χ0v) is 12.2. The van der Waals surface area contributed by atoms with E-state index in [1.165, 1.54) is 5.56 Å². The molecule has 0 fully saturated rings. The standard InChI is InChI=1S/C16H26N2O/c1-5-8-17-12-16-14(4)11-15(19-16)13-18(9-6-2)10-7-3/h6-7,11,17H,2-3,5,8-10,12-13H2,1,4H3. The average Bonchev–Trinajstić information content (AvgIpc) is 2.71. The van der Waals surface area contributed by atoms with Crippen molar-refractivity contribution < 1.29 is 4.42 Å². The van der Waals surface area contributed by atoms with E-state index in [1.807, 2.05) is 12.2 Å². The first-order chi connectivity index (χ1) is 9.21. The summed E-state index contributed by atoms with van der Waals surface area (Å²) in [5.41, 5.74) is 1.22. The molecule has 1 aromatic heterocycles. The molecule has 1 aromatic rings. The maximum Gasteiger partial charge on any atom is 0.120 e. The second-order valence-corrected chi connectivity index (χ2v) is 4.77. The van der Waals surface area contributed by atoms with Crippen LogP contribution in [0.2, 0.25) is 0 Å². The van der Waals surface area contributed by atoms with Crippen molar-refractivity contribution in [3.63, 3.8) is 0 Å². The number of nitrogens with one attached hydrogen (secondary N) is 1. The minimum atomic E-state index is 0.798. The summed E-state index contributed by atoms with van der Waals surface area (Å²) in [5, 5.41) is 3.37. The summed E-state index contributed by atoms with van der Waals surface area (Å²) >= 11 is 0. The zero-order chi connectivity index (χ0) is 14.1. The summed E-state index contributed by atoms with van der Waals surface area (Å²) in [6.45, 7) is 16.1. The Balaban J connectivity index is 2.60. The average molecular weight is 262 g/mol. The molecule has 0 spiro atoms. The smallest absolute Gasteiger partial charge is 0.120 e. The van der Waals surface area contributed by atoms with Crippen LogP contribution < -0.4 is 5.32 Å². The van der Waals surface area contributed by atoms with Gasteiger partial charge in [-0.25, -0.2) is 0 Å². The fourth-order valence-corrected chi connectivity index (χ4v) is 2.01. The second-order valence-electron chi connectivity index (χ2n) is 4.77. The van der Waals surface area contributed by atoms with Crippen LogP contribution in [-0.4, -0.2) is 24.5 Å². The number of aryl methyl sites for hydroxylation is 1. The number of hydrogen-bond acceptors (Lipinski definition) is 3. The van der Waals surface area contributed by atoms with Crippen molar-refractivity contribution >= 4 is 0 Å². The molecule has 0 aliphatic heterocycles. The lowest BCUT2D eigenvalue weighted by atomic mass is 10.2. The first-order valence-electron chi connectivity index (χ1n) is 6.94. The van der Waals surface area contributed by atoms with Gasteiger partial charge >= 0.3 is 0 Å². The lowest BCUT2D eigenvalue weighted by molar-refractivity contribution is 0.289. The zero-order valence-electron chi connectivity index (χ0n) is 12.2. The molecule has 19 heavy (non-hydrogen) atoms. The molecule has 3 nitrogen and oxygen atoms in total. The van der Waals surface area contributed by atoms with Crippen LogP contribution in [0.25, 0.3) is 0 Å². The first kappa shape index (κ1) is 15.7. The first-order valence-corrected chi connectivity index (χ1v) is 6.94. The fourth-order valence-electron chi connectivity index (χ4n) is 2.01. The molecule has 0 aromatic carbocycles. The van der Waals surface area contributed by atoms with Gasteiger partial charge in [-0.2, -0.15) is 0 Å². The number of rotatable bonds is 10. The third-order valence-electron chi connectivity index (χ3n) is 2.94. The molecular weight excluding hydrogens is 236 g/mol. The van der Waals surface area contributed by atoms with Gasteiger partial charge in [0.25, 0.3) is 0 Å². The van der Waals surface area contributed by atoms with Crippen LogP contribution in [0.3, 0.4) is 0 Å². The van der Waals surface area contributed by atoms with Crippen LogP contribution in [0, 0.1) is 6.92 Å². The molecule has 0 unspecified atom stereocenters. The summed E-state index contributed by atoms with van der Waals surface area (Å²) in [4.78, 5) is 2.24. The molecule has 1 N–H and O–H groups in total. The van der Waals surface area contributed by atoms with E-state index in [0.29, 0.717) is 0 Å². The van der Waals surface area contributed by atoms with Crippen LogP contribution in [0.5, 0.6) is 0 Å². The monoisotopic (exact) mass is 262 g/mol. The molecule has 106 valence electrons. The number of furan rings is 1. The maximum absolute atomic E-state index is 5.91. The van der Waals surface area contributed by atoms with Gasteiger partial charge < -0.3 is 9.73 Å². The van der Waals surface area contributed by atoms with Crippen molar-refractivity contribution in [2.24, 2.45) is 0 Å². The Morgan fingerprint density at radius 3 is 2.58 bits per heavy atom. The van der Waals surface area contributed by atoms with Crippen LogP contribution in [0.1, 0.15) is 30.4 Å². The summed E-state index contributed by atoms with van der Waals surface area (Å²) in [5.74, 6) is 2.05. The van der Waals surface area contributed by atoms with Gasteiger partial charge in [0, 0.05) is 13.1 Å². The largest absolute Gasteiger partial charge is 0.463 e. The Bertz CT molecular complexity index is 385. The quantitative estimate of drug-likeness (QED) is 0.518. The molecule has 3 heteroatoms. The molecule has 0 radical (unpaired) electrons. The van der Waals surface area contributed by atoms with Gasteiger partial charge in [0.2, 0.25) is 0 Å². The van der Waals surface area contributed by atoms with Gasteiger partial charge in [0.1, 0.15) is 11.5 Å². The predicted octanol–water partition coefficient (Wildman–Crippen LogP) is 3.26. The third kappa shape index (κ3) is 5.45. The highest BCUT2D eigenvalue weighted by Gasteiger charge is 2.10. The van der Waals surface area contributed by atoms with E-state index in [9.17, 15) is 0 Å². The molecule has 0 atom stereocenters. The van der Waals surface area contributed by atoms with E-state index >= 15 is 0 Å². The highest BCUT2D eigenvalue weighted by atomic mass is 16.3. The highest BCUT2D eigenvalue weighted by molar-refractivity contribution is 5.20. The lowest BCUT2D eigenvalue weighted by Crippen LogP contribution is -2.22. The molecule has 0 amide bonds. The highest BCUT2D eigenvalue weighted by Crippen LogP contribution is 2.16. The molecule has 1 rings (SSSR count). The van der Waals surface area contributed by atoms with E-state index < -0.39 is 0 Å². The van der Waals surface area contributed by atoms with E-state index in [2.05, 4.69) is 43.3 Å². The normalized spacial score (nSPS) is 10.9. The van der Waals surface area contributed by atoms with Crippen molar-refractivity contribution in [2.75, 3.05) is 19.6 Å². The van der Waals surface area contributed by atoms with Gasteiger partial charge in [-0.15, -0.1) is 13.2 Å². The topological polar surface area (TPSA) is 28.4 Å². The summed E-state index contributed by atoms with van der Waals surface area (Å²) in [6.07, 6.45) is 4.95. The van der Waals surface area contributed by atoms with Crippen molar-refractivity contribution in [1.29, 1.82) is 0 Å². The minimum Gasteiger partial charge on any atom is -0.463 e. The van der Waals surface area contributed by atoms with Gasteiger partial charge in [0.05, 0.1) is 13.1 Å². The van der Waals surface area contributed by atoms with Gasteiger partial charge in [-0.3, -0.25) is 4.90 Å². The Hall–Kier alpha value is -1.32. The van der Waals surface area contributed by atoms with Gasteiger partial charge in [-0.1, -0.05) is 19.1 Å². The SMILES string of the molecule is C=CCN(CC=C)Cc1cc(C)c(CNCCC)o1. The van der Waals surface area contributed by atoms with Gasteiger partial charge in [-0.05, 0) is 31.5 Å². The predicted molar refractivity (Wildman–Crippen MR) is 81.1 cm³/mol. The lowest BCUT2D eigenvalue weighted by Gasteiger charge is -2.16. The molecule has 0 aliphatic rings. The Morgan fingerprint density at radius 2 is 2.00 bits per heavy atom.